The molecular formula is C22H19BrCl2N2O3S. The summed E-state index contributed by atoms with van der Waals surface area (Å²) in [6.45, 7) is 1.53. The zero-order valence-electron chi connectivity index (χ0n) is 16.5. The minimum absolute atomic E-state index is 0.0450. The number of rotatable bonds is 7. The van der Waals surface area contributed by atoms with Gasteiger partial charge in [0.15, 0.2) is 0 Å². The molecule has 0 radical (unpaired) electrons. The molecule has 5 nitrogen and oxygen atoms in total. The number of hydrogen-bond acceptors (Lipinski definition) is 3. The van der Waals surface area contributed by atoms with Gasteiger partial charge < -0.3 is 5.32 Å². The summed E-state index contributed by atoms with van der Waals surface area (Å²) >= 11 is 15.4. The highest BCUT2D eigenvalue weighted by atomic mass is 79.9. The molecule has 0 spiro atoms. The van der Waals surface area contributed by atoms with Crippen molar-refractivity contribution in [3.8, 4) is 0 Å². The van der Waals surface area contributed by atoms with Gasteiger partial charge >= 0.3 is 0 Å². The van der Waals surface area contributed by atoms with Crippen molar-refractivity contribution >= 4 is 60.7 Å². The second-order valence-electron chi connectivity index (χ2n) is 6.89. The number of nitrogens with one attached hydrogen (secondary N) is 1. The van der Waals surface area contributed by atoms with Crippen LogP contribution in [0.3, 0.4) is 0 Å². The number of sulfonamides is 1. The predicted octanol–water partition coefficient (Wildman–Crippen LogP) is 5.89. The van der Waals surface area contributed by atoms with Gasteiger partial charge in [0.1, 0.15) is 0 Å². The zero-order valence-corrected chi connectivity index (χ0v) is 20.4. The van der Waals surface area contributed by atoms with Gasteiger partial charge in [0, 0.05) is 16.7 Å². The summed E-state index contributed by atoms with van der Waals surface area (Å²) in [5, 5.41) is 3.41. The number of carbonyl (C=O) groups is 1. The molecule has 1 amide bonds. The third-order valence-electron chi connectivity index (χ3n) is 4.45. The van der Waals surface area contributed by atoms with E-state index >= 15 is 0 Å². The molecule has 162 valence electrons. The topological polar surface area (TPSA) is 66.5 Å². The third kappa shape index (κ3) is 6.30. The smallest absolute Gasteiger partial charge is 0.243 e. The fourth-order valence-corrected chi connectivity index (χ4v) is 4.79. The Bertz CT molecular complexity index is 1180. The van der Waals surface area contributed by atoms with Crippen LogP contribution in [0.25, 0.3) is 0 Å². The van der Waals surface area contributed by atoms with Crippen molar-refractivity contribution in [3.63, 3.8) is 0 Å². The van der Waals surface area contributed by atoms with E-state index in [2.05, 4.69) is 21.2 Å². The number of carbonyl (C=O) groups excluding carboxylic acids is 1. The van der Waals surface area contributed by atoms with Crippen LogP contribution in [0, 0.1) is 6.92 Å². The molecule has 0 bridgehead atoms. The molecule has 0 aromatic heterocycles. The van der Waals surface area contributed by atoms with Crippen LogP contribution < -0.4 is 5.32 Å². The van der Waals surface area contributed by atoms with E-state index in [1.54, 1.807) is 42.5 Å². The van der Waals surface area contributed by atoms with Gasteiger partial charge in [-0.2, -0.15) is 4.31 Å². The van der Waals surface area contributed by atoms with Gasteiger partial charge in [-0.05, 0) is 61.0 Å². The fourth-order valence-electron chi connectivity index (χ4n) is 2.82. The number of aryl methyl sites for hydroxylation is 1. The molecule has 0 atom stereocenters. The molecule has 0 aliphatic carbocycles. The number of halogens is 3. The van der Waals surface area contributed by atoms with Crippen molar-refractivity contribution in [2.75, 3.05) is 11.9 Å². The second-order valence-corrected chi connectivity index (χ2v) is 10.6. The highest BCUT2D eigenvalue weighted by molar-refractivity contribution is 9.10. The number of anilines is 1. The summed E-state index contributed by atoms with van der Waals surface area (Å²) in [7, 11) is -3.96. The number of nitrogens with zero attached hydrogens (tertiary/aromatic N) is 1. The Hall–Kier alpha value is -1.90. The molecule has 0 unspecified atom stereocenters. The van der Waals surface area contributed by atoms with Gasteiger partial charge in [-0.1, -0.05) is 62.9 Å². The first kappa shape index (κ1) is 23.8. The second kappa shape index (κ2) is 10.1. The molecule has 31 heavy (non-hydrogen) atoms. The fraction of sp³-hybridized carbons (Fsp3) is 0.136. The largest absolute Gasteiger partial charge is 0.325 e. The van der Waals surface area contributed by atoms with Crippen molar-refractivity contribution in [1.29, 1.82) is 0 Å². The number of benzene rings is 3. The van der Waals surface area contributed by atoms with Crippen molar-refractivity contribution in [2.45, 2.75) is 18.4 Å². The van der Waals surface area contributed by atoms with E-state index in [9.17, 15) is 13.2 Å². The van der Waals surface area contributed by atoms with Crippen LogP contribution in [0.2, 0.25) is 10.0 Å². The Kier molecular flexibility index (Phi) is 7.78. The molecule has 3 aromatic carbocycles. The van der Waals surface area contributed by atoms with E-state index in [-0.39, 0.29) is 18.0 Å². The van der Waals surface area contributed by atoms with Crippen molar-refractivity contribution in [2.24, 2.45) is 0 Å². The lowest BCUT2D eigenvalue weighted by molar-refractivity contribution is -0.116. The molecule has 0 aliphatic rings. The Morgan fingerprint density at radius 1 is 0.968 bits per heavy atom. The maximum absolute atomic E-state index is 13.3. The first-order valence-corrected chi connectivity index (χ1v) is 12.2. The first-order valence-electron chi connectivity index (χ1n) is 9.21. The van der Waals surface area contributed by atoms with Crippen LogP contribution in [0.5, 0.6) is 0 Å². The maximum atomic E-state index is 13.3. The lowest BCUT2D eigenvalue weighted by Crippen LogP contribution is -2.37. The minimum Gasteiger partial charge on any atom is -0.325 e. The molecule has 0 aliphatic heterocycles. The Morgan fingerprint density at radius 2 is 1.61 bits per heavy atom. The number of hydrogen-bond donors (Lipinski definition) is 1. The lowest BCUT2D eigenvalue weighted by atomic mass is 10.2. The van der Waals surface area contributed by atoms with Gasteiger partial charge in [-0.3, -0.25) is 4.79 Å². The summed E-state index contributed by atoms with van der Waals surface area (Å²) in [6, 6.07) is 18.4. The maximum Gasteiger partial charge on any atom is 0.243 e. The SMILES string of the molecule is Cc1ccc(NC(=O)CN(Cc2ccc(Cl)c(Cl)c2)S(=O)(=O)c2ccc(Br)cc2)cc1. The molecule has 0 saturated heterocycles. The van der Waals surface area contributed by atoms with E-state index in [4.69, 9.17) is 23.2 Å². The van der Waals surface area contributed by atoms with E-state index in [1.807, 2.05) is 19.1 Å². The van der Waals surface area contributed by atoms with Gasteiger partial charge in [0.2, 0.25) is 15.9 Å². The summed E-state index contributed by atoms with van der Waals surface area (Å²) in [5.41, 5.74) is 2.25. The van der Waals surface area contributed by atoms with E-state index in [0.717, 1.165) is 14.3 Å². The Balaban J connectivity index is 1.88. The van der Waals surface area contributed by atoms with E-state index < -0.39 is 15.9 Å². The van der Waals surface area contributed by atoms with E-state index in [1.165, 1.54) is 12.1 Å². The molecule has 0 saturated carbocycles. The summed E-state index contributed by atoms with van der Waals surface area (Å²) < 4.78 is 28.5. The Labute approximate surface area is 200 Å². The molecule has 1 N–H and O–H groups in total. The summed E-state index contributed by atoms with van der Waals surface area (Å²) in [6.07, 6.45) is 0. The van der Waals surface area contributed by atoms with Crippen LogP contribution >= 0.6 is 39.1 Å². The van der Waals surface area contributed by atoms with Crippen LogP contribution in [0.1, 0.15) is 11.1 Å². The number of amides is 1. The normalized spacial score (nSPS) is 11.5. The molecule has 9 heteroatoms. The first-order chi connectivity index (χ1) is 14.6. The van der Waals surface area contributed by atoms with Crippen LogP contribution in [0.4, 0.5) is 5.69 Å². The van der Waals surface area contributed by atoms with Crippen LogP contribution in [-0.2, 0) is 21.4 Å². The van der Waals surface area contributed by atoms with Crippen LogP contribution in [-0.4, -0.2) is 25.2 Å². The van der Waals surface area contributed by atoms with Crippen molar-refractivity contribution < 1.29 is 13.2 Å². The van der Waals surface area contributed by atoms with Crippen LogP contribution in [0.15, 0.2) is 76.1 Å². The predicted molar refractivity (Wildman–Crippen MR) is 128 cm³/mol. The average molecular weight is 542 g/mol. The molecule has 0 heterocycles. The third-order valence-corrected chi connectivity index (χ3v) is 7.52. The van der Waals surface area contributed by atoms with Gasteiger partial charge in [-0.25, -0.2) is 8.42 Å². The monoisotopic (exact) mass is 540 g/mol. The van der Waals surface area contributed by atoms with E-state index in [0.29, 0.717) is 21.3 Å². The summed E-state index contributed by atoms with van der Waals surface area (Å²) in [4.78, 5) is 12.8. The van der Waals surface area contributed by atoms with Gasteiger partial charge in [0.05, 0.1) is 21.5 Å². The zero-order chi connectivity index (χ0) is 22.6. The average Bonchev–Trinajstić information content (AvgIpc) is 2.72. The summed E-state index contributed by atoms with van der Waals surface area (Å²) in [5.74, 6) is -0.454. The van der Waals surface area contributed by atoms with Crippen molar-refractivity contribution in [3.05, 3.63) is 92.4 Å². The van der Waals surface area contributed by atoms with Gasteiger partial charge in [0.25, 0.3) is 0 Å². The Morgan fingerprint density at radius 3 is 2.23 bits per heavy atom. The highest BCUT2D eigenvalue weighted by Gasteiger charge is 2.27. The minimum atomic E-state index is -3.96. The lowest BCUT2D eigenvalue weighted by Gasteiger charge is -2.22. The quantitative estimate of drug-likeness (QED) is 0.405. The molecule has 0 fully saturated rings. The molecule has 3 rings (SSSR count). The standard InChI is InChI=1S/C22H19BrCl2N2O3S/c1-15-2-7-18(8-3-15)26-22(28)14-27(13-16-4-11-20(24)21(25)12-16)31(29,30)19-9-5-17(23)6-10-19/h2-12H,13-14H2,1H3,(H,26,28). The van der Waals surface area contributed by atoms with Crippen molar-refractivity contribution in [1.82, 2.24) is 4.31 Å². The molecular weight excluding hydrogens is 523 g/mol. The highest BCUT2D eigenvalue weighted by Crippen LogP contribution is 2.25. The molecule has 3 aromatic rings. The van der Waals surface area contributed by atoms with Gasteiger partial charge in [-0.15, -0.1) is 0 Å².